The summed E-state index contributed by atoms with van der Waals surface area (Å²) in [4.78, 5) is 25.5. The van der Waals surface area contributed by atoms with Crippen LogP contribution >= 0.6 is 0 Å². The Morgan fingerprint density at radius 1 is 1.23 bits per heavy atom. The summed E-state index contributed by atoms with van der Waals surface area (Å²) in [7, 11) is -4.52. The van der Waals surface area contributed by atoms with Gasteiger partial charge >= 0.3 is 16.3 Å². The molecule has 8 nitrogen and oxygen atoms in total. The van der Waals surface area contributed by atoms with E-state index in [9.17, 15) is 18.0 Å². The summed E-state index contributed by atoms with van der Waals surface area (Å²) >= 11 is 0. The SMILES string of the molecule is O=C(NCC1CCCCC1)N1CC[C@@H]2[C@H]1C(=O)N2S(=O)(=O)O. The van der Waals surface area contributed by atoms with Crippen LogP contribution in [0.5, 0.6) is 0 Å². The molecule has 2 aliphatic heterocycles. The molecule has 0 aromatic heterocycles. The molecule has 3 rings (SSSR count). The zero-order chi connectivity index (χ0) is 15.9. The molecule has 0 spiro atoms. The molecule has 0 unspecified atom stereocenters. The van der Waals surface area contributed by atoms with E-state index in [1.165, 1.54) is 24.2 Å². The van der Waals surface area contributed by atoms with E-state index in [0.717, 1.165) is 12.8 Å². The van der Waals surface area contributed by atoms with Crippen LogP contribution in [0.3, 0.4) is 0 Å². The number of likely N-dealkylation sites (tertiary alicyclic amines) is 1. The number of carbonyl (C=O) groups is 2. The molecule has 3 aliphatic rings. The Hall–Kier alpha value is -1.35. The van der Waals surface area contributed by atoms with E-state index in [1.807, 2.05) is 0 Å². The third kappa shape index (κ3) is 2.67. The normalized spacial score (nSPS) is 29.2. The van der Waals surface area contributed by atoms with E-state index in [-0.39, 0.29) is 6.03 Å². The predicted octanol–water partition coefficient (Wildman–Crippen LogP) is 0.364. The summed E-state index contributed by atoms with van der Waals surface area (Å²) in [5.41, 5.74) is 0. The predicted molar refractivity (Wildman–Crippen MR) is 77.3 cm³/mol. The number of rotatable bonds is 3. The van der Waals surface area contributed by atoms with Gasteiger partial charge in [-0.15, -0.1) is 0 Å². The number of fused-ring (bicyclic) bond motifs is 1. The van der Waals surface area contributed by atoms with Crippen LogP contribution in [0.15, 0.2) is 0 Å². The smallest absolute Gasteiger partial charge is 0.338 e. The number of hydrogen-bond donors (Lipinski definition) is 2. The van der Waals surface area contributed by atoms with Crippen LogP contribution in [0.25, 0.3) is 0 Å². The first-order valence-corrected chi connectivity index (χ1v) is 9.14. The second-order valence-corrected chi connectivity index (χ2v) is 7.59. The second kappa shape index (κ2) is 5.69. The summed E-state index contributed by atoms with van der Waals surface area (Å²) in [6, 6.07) is -1.70. The van der Waals surface area contributed by atoms with E-state index in [2.05, 4.69) is 5.32 Å². The van der Waals surface area contributed by atoms with E-state index in [4.69, 9.17) is 4.55 Å². The van der Waals surface area contributed by atoms with Gasteiger partial charge in [-0.3, -0.25) is 9.35 Å². The van der Waals surface area contributed by atoms with Crippen molar-refractivity contribution < 1.29 is 22.6 Å². The largest absolute Gasteiger partial charge is 0.362 e. The number of nitrogens with zero attached hydrogens (tertiary/aromatic N) is 2. The molecule has 124 valence electrons. The number of nitrogens with one attached hydrogen (secondary N) is 1. The highest BCUT2D eigenvalue weighted by Gasteiger charge is 2.59. The van der Waals surface area contributed by atoms with Gasteiger partial charge in [0.1, 0.15) is 6.04 Å². The highest BCUT2D eigenvalue weighted by atomic mass is 32.2. The first-order chi connectivity index (χ1) is 10.4. The molecule has 22 heavy (non-hydrogen) atoms. The van der Waals surface area contributed by atoms with Crippen LogP contribution in [-0.4, -0.2) is 59.3 Å². The third-order valence-corrected chi connectivity index (χ3v) is 5.86. The second-order valence-electron chi connectivity index (χ2n) is 6.30. The third-order valence-electron chi connectivity index (χ3n) is 4.91. The van der Waals surface area contributed by atoms with Crippen LogP contribution < -0.4 is 5.32 Å². The molecule has 2 heterocycles. The summed E-state index contributed by atoms with van der Waals surface area (Å²) in [5, 5.41) is 2.86. The van der Waals surface area contributed by atoms with Gasteiger partial charge in [0.2, 0.25) is 0 Å². The number of hydrogen-bond acceptors (Lipinski definition) is 4. The van der Waals surface area contributed by atoms with Crippen LogP contribution in [0, 0.1) is 5.92 Å². The first kappa shape index (κ1) is 15.5. The van der Waals surface area contributed by atoms with Crippen molar-refractivity contribution in [1.82, 2.24) is 14.5 Å². The molecule has 2 atom stereocenters. The van der Waals surface area contributed by atoms with Crippen molar-refractivity contribution in [1.29, 1.82) is 0 Å². The minimum atomic E-state index is -4.52. The number of carbonyl (C=O) groups excluding carboxylic acids is 2. The highest BCUT2D eigenvalue weighted by Crippen LogP contribution is 2.35. The van der Waals surface area contributed by atoms with Crippen LogP contribution in [0.1, 0.15) is 38.5 Å². The summed E-state index contributed by atoms with van der Waals surface area (Å²) < 4.78 is 31.7. The number of amides is 3. The fourth-order valence-corrected chi connectivity index (χ4v) is 4.67. The monoisotopic (exact) mass is 331 g/mol. The van der Waals surface area contributed by atoms with Gasteiger partial charge in [-0.2, -0.15) is 8.42 Å². The lowest BCUT2D eigenvalue weighted by Crippen LogP contribution is -2.69. The van der Waals surface area contributed by atoms with Crippen LogP contribution in [0.4, 0.5) is 4.79 Å². The highest BCUT2D eigenvalue weighted by molar-refractivity contribution is 7.84. The molecule has 1 saturated carbocycles. The van der Waals surface area contributed by atoms with Crippen molar-refractivity contribution in [3.8, 4) is 0 Å². The van der Waals surface area contributed by atoms with Gasteiger partial charge < -0.3 is 10.2 Å². The molecule has 3 fully saturated rings. The van der Waals surface area contributed by atoms with Gasteiger partial charge in [0.05, 0.1) is 6.04 Å². The van der Waals surface area contributed by atoms with Crippen molar-refractivity contribution in [3.63, 3.8) is 0 Å². The van der Waals surface area contributed by atoms with Crippen molar-refractivity contribution in [2.75, 3.05) is 13.1 Å². The van der Waals surface area contributed by atoms with Crippen LogP contribution in [-0.2, 0) is 15.1 Å². The minimum Gasteiger partial charge on any atom is -0.338 e. The molecule has 1 aliphatic carbocycles. The molecular formula is C13H21N3O5S. The van der Waals surface area contributed by atoms with E-state index in [1.54, 1.807) is 0 Å². The lowest BCUT2D eigenvalue weighted by Gasteiger charge is -2.42. The van der Waals surface area contributed by atoms with Crippen LogP contribution in [0.2, 0.25) is 0 Å². The number of urea groups is 1. The molecule has 0 aromatic carbocycles. The number of β-lactam (4-membered cyclic amide) rings is 1. The molecule has 0 radical (unpaired) electrons. The van der Waals surface area contributed by atoms with Gasteiger partial charge in [-0.1, -0.05) is 19.3 Å². The summed E-state index contributed by atoms with van der Waals surface area (Å²) in [5.74, 6) is -0.236. The molecule has 0 aromatic rings. The lowest BCUT2D eigenvalue weighted by atomic mass is 9.89. The van der Waals surface area contributed by atoms with Gasteiger partial charge in [-0.25, -0.2) is 9.10 Å². The quantitative estimate of drug-likeness (QED) is 0.574. The van der Waals surface area contributed by atoms with E-state index < -0.39 is 28.3 Å². The molecular weight excluding hydrogens is 310 g/mol. The van der Waals surface area contributed by atoms with Gasteiger partial charge in [0.15, 0.2) is 0 Å². The Labute approximate surface area is 129 Å². The van der Waals surface area contributed by atoms with E-state index in [0.29, 0.717) is 29.7 Å². The first-order valence-electron chi connectivity index (χ1n) is 7.75. The zero-order valence-electron chi connectivity index (χ0n) is 12.3. The van der Waals surface area contributed by atoms with Gasteiger partial charge in [-0.05, 0) is 25.2 Å². The lowest BCUT2D eigenvalue weighted by molar-refractivity contribution is -0.143. The summed E-state index contributed by atoms with van der Waals surface area (Å²) in [6.07, 6.45) is 6.23. The van der Waals surface area contributed by atoms with Crippen molar-refractivity contribution >= 4 is 22.2 Å². The summed E-state index contributed by atoms with van der Waals surface area (Å²) in [6.45, 7) is 0.923. The maximum atomic E-state index is 12.2. The zero-order valence-corrected chi connectivity index (χ0v) is 13.1. The van der Waals surface area contributed by atoms with Crippen molar-refractivity contribution in [2.45, 2.75) is 50.6 Å². The Morgan fingerprint density at radius 3 is 2.55 bits per heavy atom. The van der Waals surface area contributed by atoms with Crippen molar-refractivity contribution in [2.24, 2.45) is 5.92 Å². The van der Waals surface area contributed by atoms with Gasteiger partial charge in [0, 0.05) is 13.1 Å². The van der Waals surface area contributed by atoms with E-state index >= 15 is 0 Å². The topological polar surface area (TPSA) is 107 Å². The molecule has 0 bridgehead atoms. The van der Waals surface area contributed by atoms with Gasteiger partial charge in [0.25, 0.3) is 5.91 Å². The average molecular weight is 331 g/mol. The Bertz CT molecular complexity index is 572. The standard InChI is InChI=1S/C13H21N3O5S/c17-12-11-10(16(12)22(19,20)21)6-7-15(11)13(18)14-8-9-4-2-1-3-5-9/h9-11H,1-8H2,(H,14,18)(H,19,20,21)/t10-,11+/m1/s1. The Balaban J connectivity index is 1.56. The molecule has 9 heteroatoms. The maximum Gasteiger partial charge on any atom is 0.362 e. The average Bonchev–Trinajstić information content (AvgIpc) is 2.83. The molecule has 2 saturated heterocycles. The molecule has 3 amide bonds. The maximum absolute atomic E-state index is 12.2. The fraction of sp³-hybridized carbons (Fsp3) is 0.846. The Kier molecular flexibility index (Phi) is 4.02. The Morgan fingerprint density at radius 2 is 1.91 bits per heavy atom. The van der Waals surface area contributed by atoms with Crippen molar-refractivity contribution in [3.05, 3.63) is 0 Å². The minimum absolute atomic E-state index is 0.318. The molecule has 2 N–H and O–H groups in total. The fourth-order valence-electron chi connectivity index (χ4n) is 3.77.